The Morgan fingerprint density at radius 1 is 0.870 bits per heavy atom. The van der Waals surface area contributed by atoms with Gasteiger partial charge in [0.1, 0.15) is 10.7 Å². The molecule has 23 heavy (non-hydrogen) atoms. The fraction of sp³-hybridized carbons (Fsp3) is 0.111. The van der Waals surface area contributed by atoms with Crippen LogP contribution in [0.1, 0.15) is 11.1 Å². The van der Waals surface area contributed by atoms with Crippen LogP contribution in [0.15, 0.2) is 66.9 Å². The summed E-state index contributed by atoms with van der Waals surface area (Å²) in [7, 11) is -2.40. The lowest BCUT2D eigenvalue weighted by Crippen LogP contribution is -1.98. The van der Waals surface area contributed by atoms with E-state index in [0.717, 1.165) is 28.1 Å². The van der Waals surface area contributed by atoms with Crippen LogP contribution >= 0.6 is 0 Å². The fourth-order valence-electron chi connectivity index (χ4n) is 2.56. The summed E-state index contributed by atoms with van der Waals surface area (Å²) in [5.41, 5.74) is 10.7. The number of aromatic nitrogens is 1. The van der Waals surface area contributed by atoms with Gasteiger partial charge in [0, 0.05) is 18.4 Å². The third-order valence-electron chi connectivity index (χ3n) is 3.76. The minimum absolute atomic E-state index is 0.0781. The molecule has 1 aromatic heterocycles. The van der Waals surface area contributed by atoms with Crippen LogP contribution in [0.2, 0.25) is 0 Å². The van der Waals surface area contributed by atoms with E-state index in [-0.39, 0.29) is 5.75 Å². The topological polar surface area (TPSA) is 65.1 Å². The molecule has 0 amide bonds. The van der Waals surface area contributed by atoms with E-state index in [0.29, 0.717) is 6.54 Å². The van der Waals surface area contributed by atoms with Crippen molar-refractivity contribution in [1.82, 2.24) is 4.57 Å². The third-order valence-corrected chi connectivity index (χ3v) is 4.38. The molecule has 0 aliphatic heterocycles. The standard InChI is InChI=1S/C18H18N2O2S/c19-12-14-3-7-16(8-4-14)18-2-1-11-20(18)17-9-5-15(6-10-17)13-23(21)22/h1-11,23H,12-13,19H2. The van der Waals surface area contributed by atoms with Gasteiger partial charge in [-0.2, -0.15) is 0 Å². The predicted octanol–water partition coefficient (Wildman–Crippen LogP) is 2.71. The van der Waals surface area contributed by atoms with E-state index in [2.05, 4.69) is 22.8 Å². The second-order valence-corrected chi connectivity index (χ2v) is 6.30. The average molecular weight is 326 g/mol. The maximum Gasteiger partial charge on any atom is 0.144 e. The lowest BCUT2D eigenvalue weighted by atomic mass is 10.1. The first-order valence-corrected chi connectivity index (χ1v) is 8.71. The molecule has 2 N–H and O–H groups in total. The van der Waals surface area contributed by atoms with Crippen molar-refractivity contribution in [2.75, 3.05) is 0 Å². The quantitative estimate of drug-likeness (QED) is 0.709. The number of rotatable bonds is 5. The van der Waals surface area contributed by atoms with Gasteiger partial charge >= 0.3 is 0 Å². The molecule has 0 fully saturated rings. The van der Waals surface area contributed by atoms with Crippen molar-refractivity contribution in [2.45, 2.75) is 12.3 Å². The molecule has 4 nitrogen and oxygen atoms in total. The van der Waals surface area contributed by atoms with Crippen molar-refractivity contribution < 1.29 is 8.42 Å². The van der Waals surface area contributed by atoms with Gasteiger partial charge in [-0.05, 0) is 41.0 Å². The van der Waals surface area contributed by atoms with Gasteiger partial charge in [-0.1, -0.05) is 36.4 Å². The molecule has 0 bridgehead atoms. The summed E-state index contributed by atoms with van der Waals surface area (Å²) in [6, 6.07) is 19.8. The zero-order valence-corrected chi connectivity index (χ0v) is 13.4. The number of hydrogen-bond acceptors (Lipinski definition) is 3. The molecule has 0 saturated heterocycles. The lowest BCUT2D eigenvalue weighted by molar-refractivity contribution is 0.614. The highest BCUT2D eigenvalue weighted by atomic mass is 32.2. The summed E-state index contributed by atoms with van der Waals surface area (Å²) in [6.45, 7) is 0.532. The molecule has 0 aliphatic carbocycles. The molecule has 0 unspecified atom stereocenters. The van der Waals surface area contributed by atoms with Crippen LogP contribution in [0.3, 0.4) is 0 Å². The van der Waals surface area contributed by atoms with Crippen molar-refractivity contribution in [3.8, 4) is 16.9 Å². The van der Waals surface area contributed by atoms with Crippen LogP contribution < -0.4 is 5.73 Å². The predicted molar refractivity (Wildman–Crippen MR) is 93.1 cm³/mol. The molecule has 3 aromatic rings. The van der Waals surface area contributed by atoms with Crippen LogP contribution in [0.25, 0.3) is 16.9 Å². The lowest BCUT2D eigenvalue weighted by Gasteiger charge is -2.10. The summed E-state index contributed by atoms with van der Waals surface area (Å²) >= 11 is 0. The fourth-order valence-corrected chi connectivity index (χ4v) is 3.07. The highest BCUT2D eigenvalue weighted by Gasteiger charge is 2.06. The number of benzene rings is 2. The van der Waals surface area contributed by atoms with Gasteiger partial charge in [0.15, 0.2) is 0 Å². The van der Waals surface area contributed by atoms with Gasteiger partial charge < -0.3 is 10.3 Å². The molecule has 3 rings (SSSR count). The first-order valence-electron chi connectivity index (χ1n) is 7.35. The Morgan fingerprint density at radius 3 is 2.13 bits per heavy atom. The van der Waals surface area contributed by atoms with E-state index in [9.17, 15) is 8.42 Å². The number of thiol groups is 1. The van der Waals surface area contributed by atoms with Gasteiger partial charge in [-0.25, -0.2) is 8.42 Å². The molecule has 0 atom stereocenters. The van der Waals surface area contributed by atoms with Crippen molar-refractivity contribution in [1.29, 1.82) is 0 Å². The van der Waals surface area contributed by atoms with E-state index in [1.165, 1.54) is 0 Å². The van der Waals surface area contributed by atoms with E-state index < -0.39 is 10.7 Å². The minimum Gasteiger partial charge on any atom is -0.326 e. The smallest absolute Gasteiger partial charge is 0.144 e. The van der Waals surface area contributed by atoms with Gasteiger partial charge in [0.25, 0.3) is 0 Å². The maximum absolute atomic E-state index is 10.8. The van der Waals surface area contributed by atoms with Crippen molar-refractivity contribution in [3.63, 3.8) is 0 Å². The van der Waals surface area contributed by atoms with Crippen LogP contribution in [-0.2, 0) is 23.0 Å². The van der Waals surface area contributed by atoms with Crippen LogP contribution in [0, 0.1) is 0 Å². The van der Waals surface area contributed by atoms with Crippen molar-refractivity contribution in [2.24, 2.45) is 5.73 Å². The Labute approximate surface area is 137 Å². The summed E-state index contributed by atoms with van der Waals surface area (Å²) in [5.74, 6) is 0.0781. The van der Waals surface area contributed by atoms with Gasteiger partial charge in [-0.3, -0.25) is 0 Å². The zero-order chi connectivity index (χ0) is 16.2. The summed E-state index contributed by atoms with van der Waals surface area (Å²) < 4.78 is 23.7. The zero-order valence-electron chi connectivity index (χ0n) is 12.6. The van der Waals surface area contributed by atoms with Gasteiger partial charge in [-0.15, -0.1) is 0 Å². The third kappa shape index (κ3) is 3.52. The molecular weight excluding hydrogens is 308 g/mol. The van der Waals surface area contributed by atoms with Crippen molar-refractivity contribution >= 4 is 10.7 Å². The Balaban J connectivity index is 1.93. The van der Waals surface area contributed by atoms with Crippen LogP contribution in [0.4, 0.5) is 0 Å². The molecule has 0 saturated carbocycles. The molecular formula is C18H18N2O2S. The Hall–Kier alpha value is -2.37. The maximum atomic E-state index is 10.8. The Kier molecular flexibility index (Phi) is 4.60. The average Bonchev–Trinajstić information content (AvgIpc) is 3.05. The second kappa shape index (κ2) is 6.81. The highest BCUT2D eigenvalue weighted by Crippen LogP contribution is 2.24. The molecule has 2 aromatic carbocycles. The summed E-state index contributed by atoms with van der Waals surface area (Å²) in [6.07, 6.45) is 2.00. The normalized spacial score (nSPS) is 11.0. The first-order chi connectivity index (χ1) is 11.2. The van der Waals surface area contributed by atoms with E-state index in [1.54, 1.807) is 0 Å². The molecule has 5 heteroatoms. The van der Waals surface area contributed by atoms with Gasteiger partial charge in [0.2, 0.25) is 0 Å². The number of hydrogen-bond donors (Lipinski definition) is 2. The molecule has 0 aliphatic rings. The van der Waals surface area contributed by atoms with Crippen molar-refractivity contribution in [3.05, 3.63) is 78.0 Å². The SMILES string of the molecule is NCc1ccc(-c2cccn2-c2ccc(C[SH](=O)=O)cc2)cc1. The largest absolute Gasteiger partial charge is 0.326 e. The Bertz CT molecular complexity index is 855. The van der Waals surface area contributed by atoms with Crippen LogP contribution in [0.5, 0.6) is 0 Å². The minimum atomic E-state index is -2.40. The molecule has 0 spiro atoms. The van der Waals surface area contributed by atoms with E-state index >= 15 is 0 Å². The van der Waals surface area contributed by atoms with E-state index in [4.69, 9.17) is 5.73 Å². The summed E-state index contributed by atoms with van der Waals surface area (Å²) in [5, 5.41) is 0. The summed E-state index contributed by atoms with van der Waals surface area (Å²) in [4.78, 5) is 0. The highest BCUT2D eigenvalue weighted by molar-refractivity contribution is 7.71. The number of nitrogens with zero attached hydrogens (tertiary/aromatic N) is 1. The monoisotopic (exact) mass is 326 g/mol. The van der Waals surface area contributed by atoms with E-state index in [1.807, 2.05) is 48.7 Å². The molecule has 1 heterocycles. The molecule has 0 radical (unpaired) electrons. The number of nitrogens with two attached hydrogens (primary N) is 1. The second-order valence-electron chi connectivity index (χ2n) is 5.32. The Morgan fingerprint density at radius 2 is 1.52 bits per heavy atom. The van der Waals surface area contributed by atoms with Crippen LogP contribution in [-0.4, -0.2) is 13.0 Å². The first kappa shape index (κ1) is 15.5. The molecule has 118 valence electrons. The van der Waals surface area contributed by atoms with Gasteiger partial charge in [0.05, 0.1) is 11.4 Å².